The molecule has 0 bridgehead atoms. The minimum absolute atomic E-state index is 0.0189. The standard InChI is InChI=1S/C41H32N10O20S5/c1-2-15-71-32-16-21(44-43-20-3-7-23(8-4-20)72(56,57)58)5-11-27(32)45-50-38-35(75(65,66)67)18-26-24(39(38)52)9-14-30(41(26)76(68,69)70)48-49-31-19-33(73(59,60)61)25-10-13-29(40(53)36(25)37(31)42)47-46-28-12-6-22(51(54)55)17-34(28)74(62,63)64/h3-14,16-19,52-53H,2,15,42H2,1H3,(H,56,57,58)(H,59,60,61)(H,62,63,64)(H,65,66,67)(H,68,69,70). The van der Waals surface area contributed by atoms with E-state index in [1.807, 2.05) is 0 Å². The predicted molar refractivity (Wildman–Crippen MR) is 263 cm³/mol. The van der Waals surface area contributed by atoms with Crippen LogP contribution in [-0.2, 0) is 50.6 Å². The lowest BCUT2D eigenvalue weighted by Gasteiger charge is -2.13. The van der Waals surface area contributed by atoms with E-state index < -0.39 is 148 Å². The minimum Gasteiger partial charge on any atom is -0.505 e. The molecular formula is C41H32N10O20S5. The minimum atomic E-state index is -5.58. The number of nitro benzene ring substituents is 1. The number of ether oxygens (including phenoxy) is 1. The van der Waals surface area contributed by atoms with Crippen LogP contribution in [0.4, 0.5) is 56.9 Å². The molecule has 0 atom stereocenters. The van der Waals surface area contributed by atoms with Crippen LogP contribution in [0.2, 0.25) is 0 Å². The van der Waals surface area contributed by atoms with Crippen molar-refractivity contribution < 1.29 is 84.7 Å². The fourth-order valence-electron chi connectivity index (χ4n) is 6.87. The molecule has 9 N–H and O–H groups in total. The third-order valence-corrected chi connectivity index (χ3v) is 14.7. The number of rotatable bonds is 17. The number of hydrogen-bond donors (Lipinski definition) is 8. The Hall–Kier alpha value is -8.39. The molecule has 35 heteroatoms. The van der Waals surface area contributed by atoms with Crippen LogP contribution < -0.4 is 10.5 Å². The van der Waals surface area contributed by atoms with E-state index in [4.69, 9.17) is 10.5 Å². The van der Waals surface area contributed by atoms with Gasteiger partial charge in [0.05, 0.1) is 38.9 Å². The highest BCUT2D eigenvalue weighted by Crippen LogP contribution is 2.48. The first kappa shape index (κ1) is 55.4. The molecule has 0 unspecified atom stereocenters. The Morgan fingerprint density at radius 3 is 1.66 bits per heavy atom. The Kier molecular flexibility index (Phi) is 15.1. The zero-order valence-corrected chi connectivity index (χ0v) is 41.8. The van der Waals surface area contributed by atoms with Crippen molar-refractivity contribution >= 4 is 129 Å². The van der Waals surface area contributed by atoms with Crippen molar-refractivity contribution in [2.75, 3.05) is 12.3 Å². The molecule has 0 spiro atoms. The Morgan fingerprint density at radius 2 is 1.05 bits per heavy atom. The number of phenols is 2. The average molecular weight is 1150 g/mol. The van der Waals surface area contributed by atoms with Gasteiger partial charge in [-0.15, -0.1) is 30.7 Å². The highest BCUT2D eigenvalue weighted by Gasteiger charge is 2.29. The zero-order valence-electron chi connectivity index (χ0n) is 37.7. The number of nitrogens with two attached hydrogens (primary N) is 1. The molecule has 0 saturated carbocycles. The van der Waals surface area contributed by atoms with Gasteiger partial charge in [0, 0.05) is 34.4 Å². The number of benzene rings is 7. The molecule has 7 aromatic carbocycles. The van der Waals surface area contributed by atoms with E-state index in [1.165, 1.54) is 30.3 Å². The van der Waals surface area contributed by atoms with Gasteiger partial charge in [-0.05, 0) is 79.2 Å². The molecule has 0 aliphatic carbocycles. The van der Waals surface area contributed by atoms with Gasteiger partial charge in [-0.3, -0.25) is 32.9 Å². The van der Waals surface area contributed by atoms with E-state index in [9.17, 15) is 85.2 Å². The number of hydrogen-bond acceptors (Lipinski definition) is 24. The van der Waals surface area contributed by atoms with Gasteiger partial charge in [-0.1, -0.05) is 13.0 Å². The number of azo groups is 4. The van der Waals surface area contributed by atoms with Gasteiger partial charge in [0.2, 0.25) is 0 Å². The molecule has 0 amide bonds. The number of phenolic OH excluding ortho intramolecular Hbond substituents is 2. The molecule has 7 rings (SSSR count). The normalized spacial score (nSPS) is 13.0. The molecule has 7 aromatic rings. The van der Waals surface area contributed by atoms with Gasteiger partial charge in [-0.25, -0.2) is 0 Å². The molecule has 0 radical (unpaired) electrons. The smallest absolute Gasteiger partial charge is 0.297 e. The van der Waals surface area contributed by atoms with Crippen molar-refractivity contribution in [2.45, 2.75) is 37.8 Å². The maximum atomic E-state index is 13.1. The van der Waals surface area contributed by atoms with Gasteiger partial charge in [0.1, 0.15) is 59.5 Å². The number of nitrogen functional groups attached to an aromatic ring is 1. The van der Waals surface area contributed by atoms with E-state index in [1.54, 1.807) is 6.92 Å². The van der Waals surface area contributed by atoms with Crippen LogP contribution in [0, 0.1) is 10.1 Å². The number of nitrogens with zero attached hydrogens (tertiary/aromatic N) is 9. The summed E-state index contributed by atoms with van der Waals surface area (Å²) in [5.41, 5.74) is 1.22. The molecule has 0 aromatic heterocycles. The summed E-state index contributed by atoms with van der Waals surface area (Å²) in [6, 6.07) is 15.4. The largest absolute Gasteiger partial charge is 0.505 e. The van der Waals surface area contributed by atoms with Gasteiger partial charge in [-0.2, -0.15) is 52.3 Å². The van der Waals surface area contributed by atoms with Crippen molar-refractivity contribution in [3.05, 3.63) is 107 Å². The van der Waals surface area contributed by atoms with E-state index in [-0.39, 0.29) is 34.3 Å². The summed E-state index contributed by atoms with van der Waals surface area (Å²) in [7, 11) is -26.0. The van der Waals surface area contributed by atoms with E-state index in [0.717, 1.165) is 48.5 Å². The van der Waals surface area contributed by atoms with Gasteiger partial charge in [0.25, 0.3) is 56.3 Å². The van der Waals surface area contributed by atoms with Crippen LogP contribution in [0.15, 0.2) is 162 Å². The summed E-state index contributed by atoms with van der Waals surface area (Å²) in [5, 5.41) is 62.2. The van der Waals surface area contributed by atoms with E-state index in [2.05, 4.69) is 40.9 Å². The lowest BCUT2D eigenvalue weighted by Crippen LogP contribution is -2.03. The molecule has 0 heterocycles. The first-order chi connectivity index (χ1) is 35.4. The number of fused-ring (bicyclic) bond motifs is 2. The van der Waals surface area contributed by atoms with Crippen LogP contribution in [-0.4, -0.2) is 86.6 Å². The summed E-state index contributed by atoms with van der Waals surface area (Å²) in [5.74, 6) is -2.17. The van der Waals surface area contributed by atoms with Gasteiger partial charge >= 0.3 is 0 Å². The maximum Gasteiger partial charge on any atom is 0.297 e. The van der Waals surface area contributed by atoms with E-state index >= 15 is 0 Å². The van der Waals surface area contributed by atoms with Crippen molar-refractivity contribution in [1.29, 1.82) is 0 Å². The summed E-state index contributed by atoms with van der Waals surface area (Å²) < 4.78 is 180. The van der Waals surface area contributed by atoms with Crippen LogP contribution >= 0.6 is 0 Å². The lowest BCUT2D eigenvalue weighted by atomic mass is 10.1. The summed E-state index contributed by atoms with van der Waals surface area (Å²) in [6.07, 6.45) is 0.471. The van der Waals surface area contributed by atoms with Crippen LogP contribution in [0.5, 0.6) is 17.2 Å². The molecule has 76 heavy (non-hydrogen) atoms. The fourth-order valence-corrected chi connectivity index (χ4v) is 10.2. The number of anilines is 1. The lowest BCUT2D eigenvalue weighted by molar-refractivity contribution is -0.385. The SMILES string of the molecule is CCCOc1cc(N=Nc2ccc(S(=O)(=O)O)cc2)ccc1N=Nc1c(S(=O)(=O)O)cc2c(S(=O)(=O)O)c(N=Nc3cc(S(=O)(=O)O)c4ccc(N=Nc5ccc([N+](=O)[O-])cc5S(=O)(=O)O)c(O)c4c3N)ccc2c1O. The number of non-ortho nitro benzene ring substituents is 1. The van der Waals surface area contributed by atoms with Crippen molar-refractivity contribution in [1.82, 2.24) is 0 Å². The fraction of sp³-hybridized carbons (Fsp3) is 0.0732. The summed E-state index contributed by atoms with van der Waals surface area (Å²) in [6.45, 7) is 1.86. The Bertz CT molecular complexity index is 4310. The molecule has 30 nitrogen and oxygen atoms in total. The molecule has 0 fully saturated rings. The van der Waals surface area contributed by atoms with Gasteiger partial charge < -0.3 is 20.7 Å². The van der Waals surface area contributed by atoms with Crippen molar-refractivity contribution in [2.24, 2.45) is 40.9 Å². The molecule has 0 aliphatic rings. The molecule has 0 saturated heterocycles. The van der Waals surface area contributed by atoms with Gasteiger partial charge in [0.15, 0.2) is 11.5 Å². The monoisotopic (exact) mass is 1140 g/mol. The maximum absolute atomic E-state index is 13.1. The van der Waals surface area contributed by atoms with Crippen LogP contribution in [0.1, 0.15) is 13.3 Å². The van der Waals surface area contributed by atoms with E-state index in [0.29, 0.717) is 24.6 Å². The Balaban J connectivity index is 1.32. The number of aromatic hydroxyl groups is 2. The molecule has 0 aliphatic heterocycles. The zero-order chi connectivity index (χ0) is 55.9. The highest BCUT2D eigenvalue weighted by molar-refractivity contribution is 7.87. The number of nitro groups is 1. The second kappa shape index (κ2) is 20.7. The molecule has 396 valence electrons. The second-order valence-electron chi connectivity index (χ2n) is 15.3. The quantitative estimate of drug-likeness (QED) is 0.0138. The summed E-state index contributed by atoms with van der Waals surface area (Å²) in [4.78, 5) is 5.23. The summed E-state index contributed by atoms with van der Waals surface area (Å²) >= 11 is 0. The topological polar surface area (TPSA) is 490 Å². The first-order valence-corrected chi connectivity index (χ1v) is 27.7. The Labute approximate surface area is 427 Å². The first-order valence-electron chi connectivity index (χ1n) is 20.5. The third kappa shape index (κ3) is 11.9. The average Bonchev–Trinajstić information content (AvgIpc) is 3.33. The van der Waals surface area contributed by atoms with Crippen molar-refractivity contribution in [3.8, 4) is 17.2 Å². The van der Waals surface area contributed by atoms with Crippen LogP contribution in [0.3, 0.4) is 0 Å². The predicted octanol–water partition coefficient (Wildman–Crippen LogP) is 9.58. The second-order valence-corrected chi connectivity index (χ2v) is 22.3. The molecular weight excluding hydrogens is 1110 g/mol. The van der Waals surface area contributed by atoms with Crippen molar-refractivity contribution in [3.63, 3.8) is 0 Å². The highest BCUT2D eigenvalue weighted by atomic mass is 32.2. The van der Waals surface area contributed by atoms with Crippen LogP contribution in [0.25, 0.3) is 21.5 Å². The Morgan fingerprint density at radius 1 is 0.513 bits per heavy atom. The third-order valence-electron chi connectivity index (χ3n) is 10.3.